The van der Waals surface area contributed by atoms with Crippen LogP contribution in [0.1, 0.15) is 44.2 Å². The van der Waals surface area contributed by atoms with Crippen molar-refractivity contribution in [2.24, 2.45) is 5.92 Å². The number of aryl methyl sites for hydroxylation is 1. The van der Waals surface area contributed by atoms with E-state index in [4.69, 9.17) is 21.1 Å². The Labute approximate surface area is 213 Å². The number of rotatable bonds is 9. The van der Waals surface area contributed by atoms with Crippen molar-refractivity contribution in [3.8, 4) is 5.75 Å². The molecule has 2 fully saturated rings. The van der Waals surface area contributed by atoms with E-state index in [-0.39, 0.29) is 22.4 Å². The smallest absolute Gasteiger partial charge is 0.387 e. The predicted molar refractivity (Wildman–Crippen MR) is 134 cm³/mol. The Morgan fingerprint density at radius 1 is 1.31 bits per heavy atom. The topological polar surface area (TPSA) is 68.6 Å². The molecule has 1 unspecified atom stereocenters. The fraction of sp³-hybridized carbons (Fsp3) is 0.583. The monoisotopic (exact) mass is 528 g/mol. The summed E-state index contributed by atoms with van der Waals surface area (Å²) in [4.78, 5) is 13.6. The Bertz CT molecular complexity index is 1040. The maximum atomic E-state index is 12.9. The van der Waals surface area contributed by atoms with Crippen molar-refractivity contribution in [2.75, 3.05) is 38.2 Å². The largest absolute Gasteiger partial charge is 0.434 e. The molecule has 2 aromatic rings. The quantitative estimate of drug-likeness (QED) is 0.446. The van der Waals surface area contributed by atoms with Crippen LogP contribution >= 0.6 is 23.5 Å². The summed E-state index contributed by atoms with van der Waals surface area (Å²) in [6.07, 6.45) is 5.95. The fourth-order valence-electron chi connectivity index (χ4n) is 4.41. The summed E-state index contributed by atoms with van der Waals surface area (Å²) in [5.74, 6) is 0.575. The first-order chi connectivity index (χ1) is 16.9. The number of halogens is 3. The summed E-state index contributed by atoms with van der Waals surface area (Å²) < 4.78 is 39.5. The fourth-order valence-corrected chi connectivity index (χ4v) is 5.69. The van der Waals surface area contributed by atoms with Crippen LogP contribution < -0.4 is 15.6 Å². The zero-order valence-electron chi connectivity index (χ0n) is 19.7. The second-order valence-electron chi connectivity index (χ2n) is 8.85. The van der Waals surface area contributed by atoms with Crippen LogP contribution in [0.3, 0.4) is 0 Å². The molecular weight excluding hydrogens is 498 g/mol. The van der Waals surface area contributed by atoms with Crippen LogP contribution in [0.25, 0.3) is 0 Å². The van der Waals surface area contributed by atoms with Gasteiger partial charge in [0.2, 0.25) is 0 Å². The second kappa shape index (κ2) is 12.4. The molecule has 7 nitrogen and oxygen atoms in total. The average Bonchev–Trinajstić information content (AvgIpc) is 2.87. The lowest BCUT2D eigenvalue weighted by atomic mass is 10.0. The predicted octanol–water partition coefficient (Wildman–Crippen LogP) is 5.24. The van der Waals surface area contributed by atoms with Crippen LogP contribution in [0.4, 0.5) is 14.5 Å². The molecule has 1 atom stereocenters. The Kier molecular flexibility index (Phi) is 9.27. The van der Waals surface area contributed by atoms with E-state index in [2.05, 4.69) is 14.7 Å². The van der Waals surface area contributed by atoms with Gasteiger partial charge in [0.05, 0.1) is 29.4 Å². The van der Waals surface area contributed by atoms with Crippen molar-refractivity contribution in [3.63, 3.8) is 0 Å². The number of anilines is 1. The molecule has 192 valence electrons. The molecule has 1 aromatic carbocycles. The molecule has 11 heteroatoms. The van der Waals surface area contributed by atoms with Crippen LogP contribution in [0.5, 0.6) is 5.75 Å². The minimum Gasteiger partial charge on any atom is -0.434 e. The lowest BCUT2D eigenvalue weighted by Crippen LogP contribution is -2.36. The van der Waals surface area contributed by atoms with Crippen molar-refractivity contribution < 1.29 is 18.3 Å². The third-order valence-electron chi connectivity index (χ3n) is 6.41. The van der Waals surface area contributed by atoms with Crippen LogP contribution in [-0.4, -0.2) is 53.5 Å². The van der Waals surface area contributed by atoms with Gasteiger partial charge in [0.25, 0.3) is 5.56 Å². The summed E-state index contributed by atoms with van der Waals surface area (Å²) in [6, 6.07) is 5.22. The number of hydrogen-bond donors (Lipinski definition) is 1. The van der Waals surface area contributed by atoms with Crippen molar-refractivity contribution in [2.45, 2.75) is 56.6 Å². The molecule has 0 radical (unpaired) electrons. The van der Waals surface area contributed by atoms with Crippen molar-refractivity contribution >= 4 is 29.2 Å². The first-order valence-corrected chi connectivity index (χ1v) is 13.2. The highest BCUT2D eigenvalue weighted by atomic mass is 35.5. The van der Waals surface area contributed by atoms with E-state index in [1.165, 1.54) is 16.6 Å². The standard InChI is InChI=1S/C24H31ClF2N4O3S/c1-2-16-5-6-20(34-24(26)27)21(12-16)35-30-9-7-18(8-10-30)31-23(32)22(25)19(14-29-31)28-13-17-4-3-11-33-15-17/h5-6,12,14,17-18,24,28H,2-4,7-11,13,15H2,1H3. The molecular formula is C24H31ClF2N4O3S. The van der Waals surface area contributed by atoms with Gasteiger partial charge in [0, 0.05) is 26.2 Å². The summed E-state index contributed by atoms with van der Waals surface area (Å²) in [6.45, 7) is 2.71. The van der Waals surface area contributed by atoms with Crippen LogP contribution in [-0.2, 0) is 11.2 Å². The molecule has 4 rings (SSSR count). The number of nitrogens with zero attached hydrogens (tertiary/aromatic N) is 3. The van der Waals surface area contributed by atoms with E-state index in [0.717, 1.165) is 31.4 Å². The van der Waals surface area contributed by atoms with E-state index in [1.807, 2.05) is 13.0 Å². The number of ether oxygens (including phenoxy) is 2. The van der Waals surface area contributed by atoms with E-state index in [1.54, 1.807) is 18.3 Å². The summed E-state index contributed by atoms with van der Waals surface area (Å²) >= 11 is 7.81. The number of alkyl halides is 2. The van der Waals surface area contributed by atoms with E-state index < -0.39 is 6.61 Å². The van der Waals surface area contributed by atoms with Gasteiger partial charge in [-0.15, -0.1) is 0 Å². The van der Waals surface area contributed by atoms with Gasteiger partial charge in [-0.1, -0.05) is 24.6 Å². The molecule has 0 saturated carbocycles. The highest BCUT2D eigenvalue weighted by Gasteiger charge is 2.25. The summed E-state index contributed by atoms with van der Waals surface area (Å²) in [5.41, 5.74) is 1.30. The van der Waals surface area contributed by atoms with Crippen molar-refractivity contribution in [1.29, 1.82) is 0 Å². The first-order valence-electron chi connectivity index (χ1n) is 12.0. The molecule has 0 aliphatic carbocycles. The van der Waals surface area contributed by atoms with E-state index in [9.17, 15) is 13.6 Å². The number of benzene rings is 1. The average molecular weight is 529 g/mol. The Balaban J connectivity index is 1.36. The van der Waals surface area contributed by atoms with Gasteiger partial charge in [0.15, 0.2) is 0 Å². The van der Waals surface area contributed by atoms with Crippen molar-refractivity contribution in [1.82, 2.24) is 14.1 Å². The van der Waals surface area contributed by atoms with Gasteiger partial charge in [-0.25, -0.2) is 8.99 Å². The van der Waals surface area contributed by atoms with Crippen LogP contribution in [0.2, 0.25) is 5.02 Å². The molecule has 2 saturated heterocycles. The van der Waals surface area contributed by atoms with Crippen LogP contribution in [0, 0.1) is 5.92 Å². The Morgan fingerprint density at radius 2 is 2.11 bits per heavy atom. The van der Waals surface area contributed by atoms with E-state index >= 15 is 0 Å². The maximum Gasteiger partial charge on any atom is 0.387 e. The van der Waals surface area contributed by atoms with Gasteiger partial charge in [-0.3, -0.25) is 4.79 Å². The molecule has 35 heavy (non-hydrogen) atoms. The molecule has 3 heterocycles. The zero-order chi connectivity index (χ0) is 24.8. The zero-order valence-corrected chi connectivity index (χ0v) is 21.3. The molecule has 2 aliphatic heterocycles. The van der Waals surface area contributed by atoms with Crippen molar-refractivity contribution in [3.05, 3.63) is 45.3 Å². The Morgan fingerprint density at radius 3 is 2.80 bits per heavy atom. The highest BCUT2D eigenvalue weighted by Crippen LogP contribution is 2.36. The van der Waals surface area contributed by atoms with Gasteiger partial charge >= 0.3 is 6.61 Å². The van der Waals surface area contributed by atoms with Gasteiger partial charge < -0.3 is 14.8 Å². The third-order valence-corrected chi connectivity index (χ3v) is 7.91. The highest BCUT2D eigenvalue weighted by molar-refractivity contribution is 7.97. The van der Waals surface area contributed by atoms with Gasteiger partial charge in [-0.05, 0) is 67.7 Å². The minimum atomic E-state index is -2.87. The normalized spacial score (nSPS) is 19.7. The molecule has 1 N–H and O–H groups in total. The summed E-state index contributed by atoms with van der Waals surface area (Å²) in [5, 5.41) is 7.81. The number of nitrogens with one attached hydrogen (secondary N) is 1. The van der Waals surface area contributed by atoms with Gasteiger partial charge in [-0.2, -0.15) is 13.9 Å². The molecule has 0 spiro atoms. The lowest BCUT2D eigenvalue weighted by Gasteiger charge is -2.31. The number of piperidine rings is 1. The lowest BCUT2D eigenvalue weighted by molar-refractivity contribution is -0.0517. The molecule has 2 aliphatic rings. The molecule has 0 bridgehead atoms. The van der Waals surface area contributed by atoms with E-state index in [0.29, 0.717) is 55.6 Å². The third kappa shape index (κ3) is 6.87. The maximum absolute atomic E-state index is 12.9. The SMILES string of the molecule is CCc1ccc(OC(F)F)c(SN2CCC(n3ncc(NCC4CCCOC4)c(Cl)c3=O)CC2)c1. The number of hydrogen-bond acceptors (Lipinski definition) is 7. The summed E-state index contributed by atoms with van der Waals surface area (Å²) in [7, 11) is 0. The second-order valence-corrected chi connectivity index (χ2v) is 10.4. The van der Waals surface area contributed by atoms with Gasteiger partial charge in [0.1, 0.15) is 10.8 Å². The molecule has 1 aromatic heterocycles. The molecule has 0 amide bonds. The first kappa shape index (κ1) is 26.2. The minimum absolute atomic E-state index is 0.0728. The van der Waals surface area contributed by atoms with Crippen LogP contribution in [0.15, 0.2) is 34.1 Å². The number of aromatic nitrogens is 2. The Hall–Kier alpha value is -1.88.